The number of hydrogen-bond donors (Lipinski definition) is 0. The zero-order valence-corrected chi connectivity index (χ0v) is 12.8. The molecule has 1 heterocycles. The summed E-state index contributed by atoms with van der Waals surface area (Å²) in [7, 11) is 0. The van der Waals surface area contributed by atoms with Crippen molar-refractivity contribution in [2.45, 2.75) is 50.2 Å². The van der Waals surface area contributed by atoms with Gasteiger partial charge in [-0.2, -0.15) is 8.78 Å². The van der Waals surface area contributed by atoms with Gasteiger partial charge in [0.15, 0.2) is 0 Å². The smallest absolute Gasteiger partial charge is 0.339 e. The van der Waals surface area contributed by atoms with Crippen LogP contribution in [-0.2, 0) is 14.9 Å². The van der Waals surface area contributed by atoms with Crippen molar-refractivity contribution < 1.29 is 22.7 Å². The highest BCUT2D eigenvalue weighted by molar-refractivity contribution is 5.89. The van der Waals surface area contributed by atoms with E-state index >= 15 is 0 Å². The van der Waals surface area contributed by atoms with E-state index in [1.54, 1.807) is 17.0 Å². The van der Waals surface area contributed by atoms with Crippen LogP contribution < -0.4 is 0 Å². The number of benzene rings is 1. The van der Waals surface area contributed by atoms with E-state index in [2.05, 4.69) is 4.74 Å². The van der Waals surface area contributed by atoms with Gasteiger partial charge in [0.25, 0.3) is 0 Å². The number of hydrogen-bond acceptors (Lipinski definition) is 2. The second kappa shape index (κ2) is 6.51. The molecule has 1 atom stereocenters. The minimum atomic E-state index is -2.81. The predicted octanol–water partition coefficient (Wildman–Crippen LogP) is 3.48. The van der Waals surface area contributed by atoms with Crippen LogP contribution in [0.1, 0.15) is 37.7 Å². The van der Waals surface area contributed by atoms with Gasteiger partial charge in [-0.1, -0.05) is 25.0 Å². The largest absolute Gasteiger partial charge is 0.345 e. The fourth-order valence-corrected chi connectivity index (χ4v) is 3.85. The Labute approximate surface area is 133 Å². The summed E-state index contributed by atoms with van der Waals surface area (Å²) >= 11 is 0. The van der Waals surface area contributed by atoms with Crippen LogP contribution in [0.15, 0.2) is 24.3 Å². The van der Waals surface area contributed by atoms with Gasteiger partial charge in [0.2, 0.25) is 5.91 Å². The molecule has 0 spiro atoms. The Hall–Kier alpha value is -1.56. The maximum absolute atomic E-state index is 13.2. The van der Waals surface area contributed by atoms with Crippen LogP contribution in [0, 0.1) is 5.82 Å². The molecule has 0 bridgehead atoms. The van der Waals surface area contributed by atoms with E-state index < -0.39 is 18.1 Å². The average molecular weight is 327 g/mol. The Bertz CT molecular complexity index is 555. The molecule has 1 aliphatic heterocycles. The summed E-state index contributed by atoms with van der Waals surface area (Å²) in [6.45, 7) is -2.18. The third-order valence-corrected chi connectivity index (χ3v) is 4.99. The molecular formula is C17H20F3NO2. The molecule has 23 heavy (non-hydrogen) atoms. The first-order valence-corrected chi connectivity index (χ1v) is 8.00. The summed E-state index contributed by atoms with van der Waals surface area (Å²) in [4.78, 5) is 14.7. The van der Waals surface area contributed by atoms with Crippen molar-refractivity contribution >= 4 is 5.91 Å². The zero-order valence-electron chi connectivity index (χ0n) is 12.8. The van der Waals surface area contributed by atoms with Gasteiger partial charge in [-0.3, -0.25) is 4.79 Å². The summed E-state index contributed by atoms with van der Waals surface area (Å²) in [5.41, 5.74) is 0.174. The fraction of sp³-hybridized carbons (Fsp3) is 0.588. The third kappa shape index (κ3) is 3.22. The Kier molecular flexibility index (Phi) is 4.62. The summed E-state index contributed by atoms with van der Waals surface area (Å²) in [6.07, 6.45) is 3.13. The van der Waals surface area contributed by atoms with E-state index in [1.807, 2.05) is 0 Å². The van der Waals surface area contributed by atoms with Crippen molar-refractivity contribution in [1.29, 1.82) is 0 Å². The number of ether oxygens (including phenoxy) is 1. The normalized spacial score (nSPS) is 23.7. The maximum Gasteiger partial charge on any atom is 0.345 e. The molecule has 0 radical (unpaired) electrons. The highest BCUT2D eigenvalue weighted by Gasteiger charge is 2.46. The highest BCUT2D eigenvalue weighted by Crippen LogP contribution is 2.43. The van der Waals surface area contributed by atoms with Crippen molar-refractivity contribution in [3.8, 4) is 0 Å². The van der Waals surface area contributed by atoms with Gasteiger partial charge in [0.1, 0.15) is 5.82 Å². The van der Waals surface area contributed by atoms with Gasteiger partial charge in [0, 0.05) is 13.1 Å². The first-order chi connectivity index (χ1) is 11.0. The van der Waals surface area contributed by atoms with E-state index in [0.29, 0.717) is 25.8 Å². The molecule has 0 aromatic heterocycles. The van der Waals surface area contributed by atoms with Crippen molar-refractivity contribution in [3.63, 3.8) is 0 Å². The molecule has 0 unspecified atom stereocenters. The van der Waals surface area contributed by atoms with Crippen molar-refractivity contribution in [2.24, 2.45) is 0 Å². The summed E-state index contributed by atoms with van der Waals surface area (Å²) in [5.74, 6) is -0.372. The van der Waals surface area contributed by atoms with Crippen LogP contribution in [0.2, 0.25) is 0 Å². The van der Waals surface area contributed by atoms with Gasteiger partial charge in [0.05, 0.1) is 11.5 Å². The Morgan fingerprint density at radius 2 is 1.87 bits per heavy atom. The summed E-state index contributed by atoms with van der Waals surface area (Å²) in [6, 6.07) is 6.08. The lowest BCUT2D eigenvalue weighted by molar-refractivity contribution is -0.161. The van der Waals surface area contributed by atoms with Crippen LogP contribution in [0.5, 0.6) is 0 Å². The molecular weight excluding hydrogens is 307 g/mol. The van der Waals surface area contributed by atoms with Gasteiger partial charge in [-0.25, -0.2) is 4.39 Å². The molecule has 1 aromatic carbocycles. The minimum Gasteiger partial charge on any atom is -0.339 e. The second-order valence-corrected chi connectivity index (χ2v) is 6.35. The van der Waals surface area contributed by atoms with Gasteiger partial charge >= 0.3 is 6.61 Å². The van der Waals surface area contributed by atoms with E-state index in [1.165, 1.54) is 12.1 Å². The maximum atomic E-state index is 13.2. The number of nitrogens with zero attached hydrogens (tertiary/aromatic N) is 1. The standard InChI is InChI=1S/C17H20F3NO2/c18-13-5-3-12(4-6-13)17(8-1-2-9-17)15(22)21-10-7-14(11-21)23-16(19)20/h3-6,14,16H,1-2,7-11H2/t14-/m0/s1. The molecule has 2 aliphatic rings. The quantitative estimate of drug-likeness (QED) is 0.847. The van der Waals surface area contributed by atoms with Crippen LogP contribution in [0.3, 0.4) is 0 Å². The minimum absolute atomic E-state index is 0.0398. The zero-order chi connectivity index (χ0) is 16.4. The number of carbonyl (C=O) groups excluding carboxylic acids is 1. The molecule has 1 saturated heterocycles. The average Bonchev–Trinajstić information content (AvgIpc) is 3.16. The topological polar surface area (TPSA) is 29.5 Å². The highest BCUT2D eigenvalue weighted by atomic mass is 19.3. The lowest BCUT2D eigenvalue weighted by Crippen LogP contribution is -2.45. The number of rotatable bonds is 4. The molecule has 0 N–H and O–H groups in total. The number of carbonyl (C=O) groups is 1. The Balaban J connectivity index is 1.79. The summed E-state index contributed by atoms with van der Waals surface area (Å²) in [5, 5.41) is 0. The number of amides is 1. The molecule has 126 valence electrons. The molecule has 1 saturated carbocycles. The molecule has 3 rings (SSSR count). The number of alkyl halides is 2. The van der Waals surface area contributed by atoms with Crippen molar-refractivity contribution in [2.75, 3.05) is 13.1 Å². The predicted molar refractivity (Wildman–Crippen MR) is 78.6 cm³/mol. The molecule has 1 aromatic rings. The van der Waals surface area contributed by atoms with Gasteiger partial charge in [-0.05, 0) is 37.0 Å². The van der Waals surface area contributed by atoms with Crippen LogP contribution in [-0.4, -0.2) is 36.6 Å². The third-order valence-electron chi connectivity index (χ3n) is 4.99. The molecule has 1 aliphatic carbocycles. The lowest BCUT2D eigenvalue weighted by Gasteiger charge is -2.33. The molecule has 2 fully saturated rings. The molecule has 1 amide bonds. The first kappa shape index (κ1) is 16.3. The van der Waals surface area contributed by atoms with Crippen molar-refractivity contribution in [3.05, 3.63) is 35.6 Å². The SMILES string of the molecule is O=C(N1CC[C@H](OC(F)F)C1)C1(c2ccc(F)cc2)CCCC1. The van der Waals surface area contributed by atoms with E-state index in [9.17, 15) is 18.0 Å². The Morgan fingerprint density at radius 3 is 2.48 bits per heavy atom. The van der Waals surface area contributed by atoms with E-state index in [4.69, 9.17) is 0 Å². The van der Waals surface area contributed by atoms with Gasteiger partial charge in [-0.15, -0.1) is 0 Å². The van der Waals surface area contributed by atoms with Crippen molar-refractivity contribution in [1.82, 2.24) is 4.90 Å². The fourth-order valence-electron chi connectivity index (χ4n) is 3.85. The monoisotopic (exact) mass is 327 g/mol. The molecule has 3 nitrogen and oxygen atoms in total. The Morgan fingerprint density at radius 1 is 1.22 bits per heavy atom. The summed E-state index contributed by atoms with van der Waals surface area (Å²) < 4.78 is 42.4. The lowest BCUT2D eigenvalue weighted by atomic mass is 9.77. The van der Waals surface area contributed by atoms with Crippen LogP contribution >= 0.6 is 0 Å². The van der Waals surface area contributed by atoms with Crippen LogP contribution in [0.4, 0.5) is 13.2 Å². The first-order valence-electron chi connectivity index (χ1n) is 8.00. The van der Waals surface area contributed by atoms with E-state index in [0.717, 1.165) is 18.4 Å². The second-order valence-electron chi connectivity index (χ2n) is 6.35. The molecule has 6 heteroatoms. The van der Waals surface area contributed by atoms with Crippen LogP contribution in [0.25, 0.3) is 0 Å². The number of halogens is 3. The van der Waals surface area contributed by atoms with E-state index in [-0.39, 0.29) is 18.3 Å². The number of likely N-dealkylation sites (tertiary alicyclic amines) is 1. The van der Waals surface area contributed by atoms with Gasteiger partial charge < -0.3 is 9.64 Å².